The van der Waals surface area contributed by atoms with Crippen LogP contribution in [0, 0.1) is 5.92 Å². The van der Waals surface area contributed by atoms with Crippen molar-refractivity contribution < 1.29 is 19.4 Å². The van der Waals surface area contributed by atoms with Crippen molar-refractivity contribution in [1.82, 2.24) is 10.2 Å². The highest BCUT2D eigenvalue weighted by Gasteiger charge is 2.30. The molecule has 0 aliphatic carbocycles. The zero-order valence-electron chi connectivity index (χ0n) is 11.6. The van der Waals surface area contributed by atoms with Gasteiger partial charge in [-0.25, -0.2) is 0 Å². The maximum absolute atomic E-state index is 12.2. The summed E-state index contributed by atoms with van der Waals surface area (Å²) in [5.41, 5.74) is 5.16. The average Bonchev–Trinajstić information content (AvgIpc) is 2.41. The lowest BCUT2D eigenvalue weighted by molar-refractivity contribution is -0.129. The van der Waals surface area contributed by atoms with Gasteiger partial charge in [-0.15, -0.1) is 0 Å². The normalized spacial score (nSPS) is 29.1. The second-order valence-electron chi connectivity index (χ2n) is 5.56. The van der Waals surface area contributed by atoms with Gasteiger partial charge < -0.3 is 20.9 Å². The number of piperidine rings is 1. The molecular formula is C13H23N3O4. The molecule has 2 saturated heterocycles. The van der Waals surface area contributed by atoms with E-state index in [2.05, 4.69) is 5.32 Å². The Morgan fingerprint density at radius 2 is 2.00 bits per heavy atom. The lowest BCUT2D eigenvalue weighted by Crippen LogP contribution is -2.51. The van der Waals surface area contributed by atoms with Crippen molar-refractivity contribution in [3.8, 4) is 0 Å². The molecule has 2 amide bonds. The Morgan fingerprint density at radius 3 is 2.60 bits per heavy atom. The molecule has 0 aromatic rings. The first-order chi connectivity index (χ1) is 9.56. The third kappa shape index (κ3) is 4.16. The van der Waals surface area contributed by atoms with Crippen LogP contribution < -0.4 is 11.1 Å². The van der Waals surface area contributed by atoms with E-state index in [4.69, 9.17) is 10.5 Å². The SMILES string of the molecule is NC(=O)CN1CCC(C(=O)N[C@@H]2CCOC[C@H]2O)CC1. The van der Waals surface area contributed by atoms with Gasteiger partial charge in [0.25, 0.3) is 0 Å². The molecule has 20 heavy (non-hydrogen) atoms. The molecule has 4 N–H and O–H groups in total. The van der Waals surface area contributed by atoms with Gasteiger partial charge in [-0.1, -0.05) is 0 Å². The van der Waals surface area contributed by atoms with Crippen LogP contribution in [0.3, 0.4) is 0 Å². The number of hydrogen-bond acceptors (Lipinski definition) is 5. The van der Waals surface area contributed by atoms with E-state index in [-0.39, 0.29) is 36.9 Å². The van der Waals surface area contributed by atoms with Gasteiger partial charge in [0.2, 0.25) is 11.8 Å². The fourth-order valence-electron chi connectivity index (χ4n) is 2.77. The van der Waals surface area contributed by atoms with Crippen LogP contribution in [-0.2, 0) is 14.3 Å². The van der Waals surface area contributed by atoms with Crippen LogP contribution in [0.2, 0.25) is 0 Å². The Kier molecular flexibility index (Phi) is 5.33. The maximum atomic E-state index is 12.2. The number of carbonyl (C=O) groups is 2. The number of ether oxygens (including phenoxy) is 1. The van der Waals surface area contributed by atoms with Crippen LogP contribution in [0.1, 0.15) is 19.3 Å². The smallest absolute Gasteiger partial charge is 0.231 e. The fraction of sp³-hybridized carbons (Fsp3) is 0.846. The summed E-state index contributed by atoms with van der Waals surface area (Å²) in [6, 6.07) is -0.208. The molecule has 2 atom stereocenters. The first-order valence-corrected chi connectivity index (χ1v) is 7.13. The van der Waals surface area contributed by atoms with Crippen LogP contribution in [0.25, 0.3) is 0 Å². The Bertz CT molecular complexity index is 356. The number of aliphatic hydroxyl groups excluding tert-OH is 1. The van der Waals surface area contributed by atoms with E-state index < -0.39 is 6.10 Å². The van der Waals surface area contributed by atoms with Gasteiger partial charge >= 0.3 is 0 Å². The quantitative estimate of drug-likeness (QED) is 0.580. The third-order valence-corrected chi connectivity index (χ3v) is 3.99. The summed E-state index contributed by atoms with van der Waals surface area (Å²) in [5.74, 6) is -0.387. The van der Waals surface area contributed by atoms with Crippen LogP contribution in [0.4, 0.5) is 0 Å². The average molecular weight is 285 g/mol. The van der Waals surface area contributed by atoms with Crippen LogP contribution in [-0.4, -0.2) is 66.8 Å². The minimum atomic E-state index is -0.623. The minimum absolute atomic E-state index is 0.00493. The number of nitrogens with one attached hydrogen (secondary N) is 1. The van der Waals surface area contributed by atoms with Gasteiger partial charge in [0.15, 0.2) is 0 Å². The fourth-order valence-corrected chi connectivity index (χ4v) is 2.77. The first kappa shape index (κ1) is 15.2. The van der Waals surface area contributed by atoms with Gasteiger partial charge in [-0.3, -0.25) is 14.5 Å². The molecule has 0 aromatic heterocycles. The van der Waals surface area contributed by atoms with Gasteiger partial charge in [0, 0.05) is 12.5 Å². The number of aliphatic hydroxyl groups is 1. The van der Waals surface area contributed by atoms with E-state index in [9.17, 15) is 14.7 Å². The molecule has 7 nitrogen and oxygen atoms in total. The van der Waals surface area contributed by atoms with E-state index in [1.165, 1.54) is 0 Å². The summed E-state index contributed by atoms with van der Waals surface area (Å²) in [6.45, 7) is 2.52. The molecule has 0 spiro atoms. The molecule has 0 bridgehead atoms. The molecule has 114 valence electrons. The Balaban J connectivity index is 1.75. The molecule has 2 fully saturated rings. The molecule has 0 unspecified atom stereocenters. The van der Waals surface area contributed by atoms with Gasteiger partial charge in [-0.05, 0) is 32.4 Å². The highest BCUT2D eigenvalue weighted by Crippen LogP contribution is 2.18. The highest BCUT2D eigenvalue weighted by molar-refractivity contribution is 5.79. The maximum Gasteiger partial charge on any atom is 0.231 e. The minimum Gasteiger partial charge on any atom is -0.389 e. The molecule has 0 radical (unpaired) electrons. The predicted octanol–water partition coefficient (Wildman–Crippen LogP) is -1.55. The number of likely N-dealkylation sites (tertiary alicyclic amines) is 1. The van der Waals surface area contributed by atoms with E-state index in [1.54, 1.807) is 0 Å². The van der Waals surface area contributed by atoms with E-state index in [0.29, 0.717) is 26.1 Å². The van der Waals surface area contributed by atoms with Crippen molar-refractivity contribution >= 4 is 11.8 Å². The van der Waals surface area contributed by atoms with Crippen molar-refractivity contribution in [2.24, 2.45) is 11.7 Å². The standard InChI is InChI=1S/C13H23N3O4/c14-12(18)7-16-4-1-9(2-5-16)13(19)15-10-3-6-20-8-11(10)17/h9-11,17H,1-8H2,(H2,14,18)(H,15,19)/t10-,11-/m1/s1. The van der Waals surface area contributed by atoms with Crippen LogP contribution >= 0.6 is 0 Å². The number of nitrogens with two attached hydrogens (primary N) is 1. The number of primary amides is 1. The van der Waals surface area contributed by atoms with Crippen molar-refractivity contribution in [1.29, 1.82) is 0 Å². The monoisotopic (exact) mass is 285 g/mol. The summed E-state index contributed by atoms with van der Waals surface area (Å²) in [6.07, 6.45) is 1.47. The zero-order chi connectivity index (χ0) is 14.5. The van der Waals surface area contributed by atoms with Gasteiger partial charge in [0.1, 0.15) is 0 Å². The number of amides is 2. The summed E-state index contributed by atoms with van der Waals surface area (Å²) in [5, 5.41) is 12.7. The van der Waals surface area contributed by atoms with E-state index >= 15 is 0 Å². The molecule has 2 rings (SSSR count). The third-order valence-electron chi connectivity index (χ3n) is 3.99. The second-order valence-corrected chi connectivity index (χ2v) is 5.56. The summed E-state index contributed by atoms with van der Waals surface area (Å²) < 4.78 is 5.14. The van der Waals surface area contributed by atoms with Gasteiger partial charge in [-0.2, -0.15) is 0 Å². The van der Waals surface area contributed by atoms with E-state index in [1.807, 2.05) is 4.90 Å². The van der Waals surface area contributed by atoms with Crippen molar-refractivity contribution in [2.75, 3.05) is 32.8 Å². The predicted molar refractivity (Wildman–Crippen MR) is 71.7 cm³/mol. The van der Waals surface area contributed by atoms with Crippen molar-refractivity contribution in [2.45, 2.75) is 31.4 Å². The van der Waals surface area contributed by atoms with Crippen LogP contribution in [0.15, 0.2) is 0 Å². The molecule has 0 aromatic carbocycles. The van der Waals surface area contributed by atoms with Crippen molar-refractivity contribution in [3.63, 3.8) is 0 Å². The molecule has 0 saturated carbocycles. The highest BCUT2D eigenvalue weighted by atomic mass is 16.5. The number of hydrogen-bond donors (Lipinski definition) is 3. The van der Waals surface area contributed by atoms with Crippen LogP contribution in [0.5, 0.6) is 0 Å². The molecule has 2 aliphatic heterocycles. The molecule has 7 heteroatoms. The summed E-state index contributed by atoms with van der Waals surface area (Å²) in [7, 11) is 0. The summed E-state index contributed by atoms with van der Waals surface area (Å²) in [4.78, 5) is 25.0. The molecule has 2 aliphatic rings. The van der Waals surface area contributed by atoms with Gasteiger partial charge in [0.05, 0.1) is 25.3 Å². The zero-order valence-corrected chi connectivity index (χ0v) is 11.6. The topological polar surface area (TPSA) is 105 Å². The Morgan fingerprint density at radius 1 is 1.30 bits per heavy atom. The number of carbonyl (C=O) groups excluding carboxylic acids is 2. The Hall–Kier alpha value is -1.18. The molecular weight excluding hydrogens is 262 g/mol. The van der Waals surface area contributed by atoms with E-state index in [0.717, 1.165) is 12.8 Å². The lowest BCUT2D eigenvalue weighted by Gasteiger charge is -2.33. The lowest BCUT2D eigenvalue weighted by atomic mass is 9.94. The second kappa shape index (κ2) is 7.01. The first-order valence-electron chi connectivity index (χ1n) is 7.13. The molecule has 2 heterocycles. The van der Waals surface area contributed by atoms with Crippen molar-refractivity contribution in [3.05, 3.63) is 0 Å². The largest absolute Gasteiger partial charge is 0.389 e. The number of rotatable bonds is 4. The number of nitrogens with zero attached hydrogens (tertiary/aromatic N) is 1. The Labute approximate surface area is 118 Å². The summed E-state index contributed by atoms with van der Waals surface area (Å²) >= 11 is 0.